The molecule has 2 aliphatic rings. The molecule has 1 aromatic heterocycles. The summed E-state index contributed by atoms with van der Waals surface area (Å²) in [5, 5.41) is 0. The SMILES string of the molecule is CC(C)(C)OC(=O)N1CCCC1C(=O)N1CCCN(c2ccc(C(F)(F)F)cn2)CC1. The number of pyridine rings is 1. The summed E-state index contributed by atoms with van der Waals surface area (Å²) in [5.41, 5.74) is -1.42. The summed E-state index contributed by atoms with van der Waals surface area (Å²) >= 11 is 0. The number of likely N-dealkylation sites (tertiary alicyclic amines) is 1. The van der Waals surface area contributed by atoms with Crippen molar-refractivity contribution >= 4 is 17.8 Å². The van der Waals surface area contributed by atoms with Crippen LogP contribution in [0.1, 0.15) is 45.6 Å². The molecule has 3 rings (SSSR count). The van der Waals surface area contributed by atoms with Crippen molar-refractivity contribution in [3.63, 3.8) is 0 Å². The first-order valence-electron chi connectivity index (χ1n) is 10.5. The van der Waals surface area contributed by atoms with E-state index < -0.39 is 29.5 Å². The van der Waals surface area contributed by atoms with Gasteiger partial charge in [-0.3, -0.25) is 9.69 Å². The Morgan fingerprint density at radius 1 is 1.03 bits per heavy atom. The third-order valence-electron chi connectivity index (χ3n) is 5.37. The van der Waals surface area contributed by atoms with Crippen LogP contribution in [0.4, 0.5) is 23.8 Å². The van der Waals surface area contributed by atoms with Gasteiger partial charge in [0.05, 0.1) is 5.56 Å². The van der Waals surface area contributed by atoms with Gasteiger partial charge in [-0.15, -0.1) is 0 Å². The Morgan fingerprint density at radius 3 is 2.39 bits per heavy atom. The van der Waals surface area contributed by atoms with Crippen LogP contribution < -0.4 is 4.90 Å². The lowest BCUT2D eigenvalue weighted by Gasteiger charge is -2.31. The fourth-order valence-corrected chi connectivity index (χ4v) is 3.88. The van der Waals surface area contributed by atoms with Gasteiger partial charge in [-0.2, -0.15) is 13.2 Å². The van der Waals surface area contributed by atoms with Gasteiger partial charge in [0.25, 0.3) is 0 Å². The number of amides is 2. The van der Waals surface area contributed by atoms with Crippen LogP contribution in [0.3, 0.4) is 0 Å². The van der Waals surface area contributed by atoms with Gasteiger partial charge in [-0.1, -0.05) is 0 Å². The Labute approximate surface area is 180 Å². The van der Waals surface area contributed by atoms with Crippen molar-refractivity contribution in [3.8, 4) is 0 Å². The molecule has 2 fully saturated rings. The molecule has 0 bridgehead atoms. The molecule has 0 saturated carbocycles. The number of rotatable bonds is 2. The van der Waals surface area contributed by atoms with E-state index >= 15 is 0 Å². The molecule has 2 saturated heterocycles. The second-order valence-electron chi connectivity index (χ2n) is 8.90. The molecule has 0 aromatic carbocycles. The van der Waals surface area contributed by atoms with E-state index in [1.54, 1.807) is 25.7 Å². The number of halogens is 3. The lowest BCUT2D eigenvalue weighted by atomic mass is 10.2. The van der Waals surface area contributed by atoms with Crippen LogP contribution in [-0.2, 0) is 15.7 Å². The van der Waals surface area contributed by atoms with Gasteiger partial charge >= 0.3 is 12.3 Å². The van der Waals surface area contributed by atoms with Crippen LogP contribution in [0.15, 0.2) is 18.3 Å². The van der Waals surface area contributed by atoms with Crippen LogP contribution >= 0.6 is 0 Å². The monoisotopic (exact) mass is 442 g/mol. The molecular weight excluding hydrogens is 413 g/mol. The summed E-state index contributed by atoms with van der Waals surface area (Å²) in [6, 6.07) is 1.85. The molecule has 1 unspecified atom stereocenters. The predicted molar refractivity (Wildman–Crippen MR) is 109 cm³/mol. The van der Waals surface area contributed by atoms with Crippen LogP contribution in [0.25, 0.3) is 0 Å². The standard InChI is InChI=1S/C21H29F3N4O3/c1-20(2,3)31-19(30)28-11-4-6-16(28)18(29)27-10-5-9-26(12-13-27)17-8-7-15(14-25-17)21(22,23)24/h7-8,14,16H,4-6,9-13H2,1-3H3. The lowest BCUT2D eigenvalue weighted by molar-refractivity contribution is -0.138. The zero-order valence-corrected chi connectivity index (χ0v) is 18.1. The minimum Gasteiger partial charge on any atom is -0.444 e. The highest BCUT2D eigenvalue weighted by molar-refractivity contribution is 5.86. The Balaban J connectivity index is 1.62. The van der Waals surface area contributed by atoms with Crippen LogP contribution in [0.5, 0.6) is 0 Å². The van der Waals surface area contributed by atoms with Crippen molar-refractivity contribution in [2.75, 3.05) is 37.6 Å². The first-order valence-corrected chi connectivity index (χ1v) is 10.5. The van der Waals surface area contributed by atoms with Crippen LogP contribution in [0.2, 0.25) is 0 Å². The second kappa shape index (κ2) is 8.92. The van der Waals surface area contributed by atoms with Gasteiger partial charge in [0.15, 0.2) is 0 Å². The van der Waals surface area contributed by atoms with Gasteiger partial charge in [0.1, 0.15) is 17.5 Å². The first kappa shape index (κ1) is 23.1. The molecule has 1 atom stereocenters. The molecule has 0 spiro atoms. The van der Waals surface area contributed by atoms with Gasteiger partial charge in [0.2, 0.25) is 5.91 Å². The highest BCUT2D eigenvalue weighted by atomic mass is 19.4. The lowest BCUT2D eigenvalue weighted by Crippen LogP contribution is -2.49. The molecular formula is C21H29F3N4O3. The number of hydrogen-bond donors (Lipinski definition) is 0. The number of aromatic nitrogens is 1. The zero-order chi connectivity index (χ0) is 22.8. The maximum absolute atomic E-state index is 13.1. The van der Waals surface area contributed by atoms with E-state index in [1.807, 2.05) is 4.90 Å². The Morgan fingerprint density at radius 2 is 1.77 bits per heavy atom. The van der Waals surface area contributed by atoms with Crippen molar-refractivity contribution in [2.45, 2.75) is 57.9 Å². The third-order valence-corrected chi connectivity index (χ3v) is 5.37. The van der Waals surface area contributed by atoms with Crippen molar-refractivity contribution in [1.29, 1.82) is 0 Å². The summed E-state index contributed by atoms with van der Waals surface area (Å²) in [6.07, 6.45) is -2.07. The van der Waals surface area contributed by atoms with Gasteiger partial charge in [0, 0.05) is 38.9 Å². The molecule has 3 heterocycles. The smallest absolute Gasteiger partial charge is 0.417 e. The Kier molecular flexibility index (Phi) is 6.66. The maximum Gasteiger partial charge on any atom is 0.417 e. The van der Waals surface area contributed by atoms with Gasteiger partial charge < -0.3 is 14.5 Å². The number of carbonyl (C=O) groups is 2. The van der Waals surface area contributed by atoms with Gasteiger partial charge in [-0.05, 0) is 52.2 Å². The molecule has 10 heteroatoms. The number of hydrogen-bond acceptors (Lipinski definition) is 5. The fourth-order valence-electron chi connectivity index (χ4n) is 3.88. The minimum absolute atomic E-state index is 0.106. The third kappa shape index (κ3) is 5.80. The van der Waals surface area contributed by atoms with E-state index in [4.69, 9.17) is 4.74 Å². The average Bonchev–Trinajstić information content (AvgIpc) is 3.04. The van der Waals surface area contributed by atoms with E-state index in [-0.39, 0.29) is 5.91 Å². The highest BCUT2D eigenvalue weighted by Crippen LogP contribution is 2.29. The molecule has 2 aliphatic heterocycles. The number of nitrogens with zero attached hydrogens (tertiary/aromatic N) is 4. The summed E-state index contributed by atoms with van der Waals surface area (Å²) in [7, 11) is 0. The zero-order valence-electron chi connectivity index (χ0n) is 18.1. The van der Waals surface area contributed by atoms with Crippen molar-refractivity contribution in [3.05, 3.63) is 23.9 Å². The Hall–Kier alpha value is -2.52. The highest BCUT2D eigenvalue weighted by Gasteiger charge is 2.39. The first-order chi connectivity index (χ1) is 14.5. The average molecular weight is 442 g/mol. The van der Waals surface area contributed by atoms with E-state index in [1.165, 1.54) is 11.0 Å². The molecule has 0 aliphatic carbocycles. The maximum atomic E-state index is 13.1. The summed E-state index contributed by atoms with van der Waals surface area (Å²) in [5.74, 6) is 0.351. The second-order valence-corrected chi connectivity index (χ2v) is 8.90. The molecule has 2 amide bonds. The van der Waals surface area contributed by atoms with Gasteiger partial charge in [-0.25, -0.2) is 9.78 Å². The number of anilines is 1. The quantitative estimate of drug-likeness (QED) is 0.701. The summed E-state index contributed by atoms with van der Waals surface area (Å²) < 4.78 is 43.7. The molecule has 1 aromatic rings. The number of carbonyl (C=O) groups excluding carboxylic acids is 2. The van der Waals surface area contributed by atoms with Crippen LogP contribution in [0, 0.1) is 0 Å². The Bertz CT molecular complexity index is 793. The van der Waals surface area contributed by atoms with Crippen molar-refractivity contribution < 1.29 is 27.5 Å². The van der Waals surface area contributed by atoms with Crippen molar-refractivity contribution in [2.24, 2.45) is 0 Å². The molecule has 0 radical (unpaired) electrons. The van der Waals surface area contributed by atoms with E-state index in [0.717, 1.165) is 18.7 Å². The molecule has 172 valence electrons. The molecule has 0 N–H and O–H groups in total. The molecule has 31 heavy (non-hydrogen) atoms. The normalized spacial score (nSPS) is 20.6. The number of alkyl halides is 3. The predicted octanol–water partition coefficient (Wildman–Crippen LogP) is 3.54. The van der Waals surface area contributed by atoms with Crippen LogP contribution in [-0.4, -0.2) is 71.2 Å². The largest absolute Gasteiger partial charge is 0.444 e. The topological polar surface area (TPSA) is 66.0 Å². The summed E-state index contributed by atoms with van der Waals surface area (Å²) in [6.45, 7) is 7.84. The summed E-state index contributed by atoms with van der Waals surface area (Å²) in [4.78, 5) is 34.7. The number of ether oxygens (including phenoxy) is 1. The van der Waals surface area contributed by atoms with E-state index in [2.05, 4.69) is 4.98 Å². The van der Waals surface area contributed by atoms with E-state index in [0.29, 0.717) is 51.4 Å². The minimum atomic E-state index is -4.42. The molecule has 7 nitrogen and oxygen atoms in total. The van der Waals surface area contributed by atoms with Crippen molar-refractivity contribution in [1.82, 2.24) is 14.8 Å². The fraction of sp³-hybridized carbons (Fsp3) is 0.667. The van der Waals surface area contributed by atoms with E-state index in [9.17, 15) is 22.8 Å².